The topological polar surface area (TPSA) is 17.8 Å². The maximum Gasteiger partial charge on any atom is 0.127 e. The minimum absolute atomic E-state index is 0.102. The van der Waals surface area contributed by atoms with Gasteiger partial charge >= 0.3 is 0 Å². The Morgan fingerprint density at radius 3 is 2.82 bits per heavy atom. The maximum absolute atomic E-state index is 6.26. The number of hydrogen-bond acceptors (Lipinski definition) is 1. The second kappa shape index (κ2) is 5.28. The van der Waals surface area contributed by atoms with Crippen LogP contribution in [0.1, 0.15) is 37.9 Å². The van der Waals surface area contributed by atoms with Gasteiger partial charge in [-0.3, -0.25) is 0 Å². The number of unbranched alkanes of at least 4 members (excludes halogenated alkanes) is 1. The second-order valence-electron chi connectivity index (χ2n) is 4.20. The van der Waals surface area contributed by atoms with Crippen molar-refractivity contribution in [1.82, 2.24) is 9.55 Å². The van der Waals surface area contributed by atoms with Gasteiger partial charge in [0.25, 0.3) is 0 Å². The summed E-state index contributed by atoms with van der Waals surface area (Å²) in [6, 6.07) is 5.80. The van der Waals surface area contributed by atoms with E-state index in [2.05, 4.69) is 16.5 Å². The van der Waals surface area contributed by atoms with Crippen LogP contribution in [0.25, 0.3) is 11.0 Å². The van der Waals surface area contributed by atoms with E-state index in [9.17, 15) is 0 Å². The fourth-order valence-electron chi connectivity index (χ4n) is 2.01. The molecule has 1 atom stereocenters. The zero-order valence-corrected chi connectivity index (χ0v) is 11.6. The van der Waals surface area contributed by atoms with Gasteiger partial charge in [-0.1, -0.05) is 31.0 Å². The highest BCUT2D eigenvalue weighted by molar-refractivity contribution is 6.35. The van der Waals surface area contributed by atoms with Crippen LogP contribution in [0.4, 0.5) is 0 Å². The van der Waals surface area contributed by atoms with E-state index in [0.29, 0.717) is 0 Å². The molecule has 4 heteroatoms. The lowest BCUT2D eigenvalue weighted by Gasteiger charge is -2.10. The Hall–Kier alpha value is -0.730. The average Bonchev–Trinajstić information content (AvgIpc) is 2.66. The van der Waals surface area contributed by atoms with Crippen molar-refractivity contribution in [3.63, 3.8) is 0 Å². The standard InChI is InChI=1S/C13H16Cl2N2/c1-3-4-8-17-12-10(15)6-5-7-11(12)16-13(17)9(2)14/h5-7,9H,3-4,8H2,1-2H3. The van der Waals surface area contributed by atoms with Gasteiger partial charge in [0.1, 0.15) is 5.82 Å². The van der Waals surface area contributed by atoms with Crippen LogP contribution in [-0.4, -0.2) is 9.55 Å². The van der Waals surface area contributed by atoms with Crippen molar-refractivity contribution in [3.8, 4) is 0 Å². The van der Waals surface area contributed by atoms with Gasteiger partial charge in [0.05, 0.1) is 21.4 Å². The molecular weight excluding hydrogens is 255 g/mol. The summed E-state index contributed by atoms with van der Waals surface area (Å²) in [5.74, 6) is 0.906. The lowest BCUT2D eigenvalue weighted by Crippen LogP contribution is -2.04. The summed E-state index contributed by atoms with van der Waals surface area (Å²) in [5, 5.41) is 0.644. The number of benzene rings is 1. The lowest BCUT2D eigenvalue weighted by atomic mass is 10.3. The van der Waals surface area contributed by atoms with Crippen LogP contribution in [0, 0.1) is 0 Å². The molecule has 1 unspecified atom stereocenters. The molecule has 0 fully saturated rings. The number of aryl methyl sites for hydroxylation is 1. The van der Waals surface area contributed by atoms with Crippen LogP contribution in [-0.2, 0) is 6.54 Å². The largest absolute Gasteiger partial charge is 0.326 e. The van der Waals surface area contributed by atoms with Gasteiger partial charge in [-0.05, 0) is 25.5 Å². The molecule has 1 aromatic heterocycles. The highest BCUT2D eigenvalue weighted by Gasteiger charge is 2.16. The molecule has 1 heterocycles. The van der Waals surface area contributed by atoms with Gasteiger partial charge in [-0.25, -0.2) is 4.98 Å². The molecule has 0 aliphatic carbocycles. The number of fused-ring (bicyclic) bond motifs is 1. The quantitative estimate of drug-likeness (QED) is 0.731. The number of alkyl halides is 1. The Bertz CT molecular complexity index is 517. The molecule has 0 amide bonds. The third kappa shape index (κ3) is 2.43. The maximum atomic E-state index is 6.26. The summed E-state index contributed by atoms with van der Waals surface area (Å²) in [4.78, 5) is 4.57. The second-order valence-corrected chi connectivity index (χ2v) is 5.26. The van der Waals surface area contributed by atoms with E-state index in [-0.39, 0.29) is 5.38 Å². The molecule has 2 nitrogen and oxygen atoms in total. The third-order valence-corrected chi connectivity index (χ3v) is 3.34. The smallest absolute Gasteiger partial charge is 0.127 e. The number of rotatable bonds is 4. The van der Waals surface area contributed by atoms with Gasteiger partial charge in [0.15, 0.2) is 0 Å². The van der Waals surface area contributed by atoms with E-state index in [4.69, 9.17) is 23.2 Å². The zero-order valence-electron chi connectivity index (χ0n) is 10.1. The van der Waals surface area contributed by atoms with Crippen molar-refractivity contribution in [2.24, 2.45) is 0 Å². The number of para-hydroxylation sites is 1. The Morgan fingerprint density at radius 1 is 1.41 bits per heavy atom. The summed E-state index contributed by atoms with van der Waals surface area (Å²) < 4.78 is 2.15. The van der Waals surface area contributed by atoms with Crippen molar-refractivity contribution < 1.29 is 0 Å². The molecule has 1 aromatic carbocycles. The monoisotopic (exact) mass is 270 g/mol. The number of imidazole rings is 1. The van der Waals surface area contributed by atoms with Crippen LogP contribution < -0.4 is 0 Å². The fraction of sp³-hybridized carbons (Fsp3) is 0.462. The van der Waals surface area contributed by atoms with E-state index in [0.717, 1.165) is 41.3 Å². The third-order valence-electron chi connectivity index (χ3n) is 2.84. The fourth-order valence-corrected chi connectivity index (χ4v) is 2.44. The van der Waals surface area contributed by atoms with Crippen LogP contribution >= 0.6 is 23.2 Å². The van der Waals surface area contributed by atoms with E-state index in [1.165, 1.54) is 0 Å². The lowest BCUT2D eigenvalue weighted by molar-refractivity contribution is 0.616. The molecule has 0 aliphatic heterocycles. The molecule has 0 N–H and O–H groups in total. The van der Waals surface area contributed by atoms with E-state index >= 15 is 0 Å². The van der Waals surface area contributed by atoms with Crippen molar-refractivity contribution in [2.75, 3.05) is 0 Å². The Balaban J connectivity index is 2.60. The van der Waals surface area contributed by atoms with Crippen LogP contribution in [0.2, 0.25) is 5.02 Å². The molecular formula is C13H16Cl2N2. The number of aromatic nitrogens is 2. The molecule has 17 heavy (non-hydrogen) atoms. The van der Waals surface area contributed by atoms with Crippen molar-refractivity contribution >= 4 is 34.2 Å². The highest BCUT2D eigenvalue weighted by Crippen LogP contribution is 2.29. The predicted molar refractivity (Wildman–Crippen MR) is 73.9 cm³/mol. The number of nitrogens with zero attached hydrogens (tertiary/aromatic N) is 2. The normalized spacial score (nSPS) is 13.2. The van der Waals surface area contributed by atoms with Gasteiger partial charge in [0, 0.05) is 6.54 Å². The molecule has 2 aromatic rings. The summed E-state index contributed by atoms with van der Waals surface area (Å²) in [5.41, 5.74) is 1.93. The van der Waals surface area contributed by atoms with Crippen LogP contribution in [0.5, 0.6) is 0 Å². The van der Waals surface area contributed by atoms with Crippen LogP contribution in [0.3, 0.4) is 0 Å². The summed E-state index contributed by atoms with van der Waals surface area (Å²) in [6.07, 6.45) is 2.24. The number of hydrogen-bond donors (Lipinski definition) is 0. The van der Waals surface area contributed by atoms with Gasteiger partial charge in [0.2, 0.25) is 0 Å². The van der Waals surface area contributed by atoms with Crippen molar-refractivity contribution in [1.29, 1.82) is 0 Å². The summed E-state index contributed by atoms with van der Waals surface area (Å²) in [6.45, 7) is 5.03. The first-order valence-corrected chi connectivity index (χ1v) is 6.75. The molecule has 0 radical (unpaired) electrons. The Labute approximate surface area is 112 Å². The SMILES string of the molecule is CCCCn1c(C(C)Cl)nc2cccc(Cl)c21. The first-order valence-electron chi connectivity index (χ1n) is 5.94. The molecule has 92 valence electrons. The van der Waals surface area contributed by atoms with Crippen LogP contribution in [0.15, 0.2) is 18.2 Å². The Kier molecular flexibility index (Phi) is 3.95. The van der Waals surface area contributed by atoms with Gasteiger partial charge in [-0.2, -0.15) is 0 Å². The molecule has 0 aliphatic rings. The zero-order chi connectivity index (χ0) is 12.4. The van der Waals surface area contributed by atoms with Crippen molar-refractivity contribution in [2.45, 2.75) is 38.6 Å². The molecule has 0 saturated carbocycles. The first kappa shape index (κ1) is 12.7. The van der Waals surface area contributed by atoms with Crippen molar-refractivity contribution in [3.05, 3.63) is 29.0 Å². The molecule has 2 rings (SSSR count). The minimum Gasteiger partial charge on any atom is -0.326 e. The van der Waals surface area contributed by atoms with E-state index < -0.39 is 0 Å². The van der Waals surface area contributed by atoms with E-state index in [1.54, 1.807) is 0 Å². The average molecular weight is 271 g/mol. The highest BCUT2D eigenvalue weighted by atomic mass is 35.5. The predicted octanol–water partition coefficient (Wildman–Crippen LogP) is 4.79. The van der Waals surface area contributed by atoms with Gasteiger partial charge < -0.3 is 4.57 Å². The first-order chi connectivity index (χ1) is 8.15. The van der Waals surface area contributed by atoms with E-state index in [1.807, 2.05) is 25.1 Å². The molecule has 0 spiro atoms. The summed E-state index contributed by atoms with van der Waals surface area (Å²) in [7, 11) is 0. The Morgan fingerprint density at radius 2 is 2.18 bits per heavy atom. The molecule has 0 bridgehead atoms. The summed E-state index contributed by atoms with van der Waals surface area (Å²) >= 11 is 12.4. The van der Waals surface area contributed by atoms with Gasteiger partial charge in [-0.15, -0.1) is 11.6 Å². The number of halogens is 2. The minimum atomic E-state index is -0.102. The molecule has 0 saturated heterocycles.